The molecule has 3 heterocycles. The number of hydrogen-bond acceptors (Lipinski definition) is 9. The van der Waals surface area contributed by atoms with Crippen molar-refractivity contribution in [1.29, 1.82) is 10.7 Å². The predicted octanol–water partition coefficient (Wildman–Crippen LogP) is 3.12. The number of halogens is 1. The maximum Gasteiger partial charge on any atom is 0.274 e. The first-order valence-electron chi connectivity index (χ1n) is 10.7. The van der Waals surface area contributed by atoms with E-state index < -0.39 is 11.9 Å². The second kappa shape index (κ2) is 9.81. The first-order chi connectivity index (χ1) is 17.2. The standard InChI is InChI=1S/C24H21ClN10O/c1-12(17-5-3-4-15(11-27)31-17)30-24(36)22-23(29)33-21(18-6-7-35(2)34-18)20(32-22)13-8-14(10-26)19(28)16(25)9-13/h3-10,12,26H,28H2,1-2H3,(H2,29,33)(H,30,36)/t12-/m0/s1. The van der Waals surface area contributed by atoms with E-state index >= 15 is 0 Å². The molecular formula is C24H21ClN10O. The third kappa shape index (κ3) is 4.70. The van der Waals surface area contributed by atoms with Crippen LogP contribution in [0.4, 0.5) is 11.5 Å². The summed E-state index contributed by atoms with van der Waals surface area (Å²) >= 11 is 6.32. The van der Waals surface area contributed by atoms with Crippen molar-refractivity contribution in [3.8, 4) is 28.7 Å². The molecule has 1 amide bonds. The Balaban J connectivity index is 1.81. The van der Waals surface area contributed by atoms with E-state index in [2.05, 4.69) is 25.4 Å². The molecule has 0 aliphatic rings. The first kappa shape index (κ1) is 24.3. The molecule has 3 aromatic heterocycles. The molecule has 0 bridgehead atoms. The van der Waals surface area contributed by atoms with Crippen LogP contribution in [0.1, 0.15) is 40.4 Å². The SMILES string of the molecule is C[C@H](NC(=O)c1nc(-c2cc(Cl)c(N)c(C=N)c2)c(-c2ccn(C)n2)nc1N)c1cccc(C#N)n1. The predicted molar refractivity (Wildman–Crippen MR) is 136 cm³/mol. The number of pyridine rings is 1. The summed E-state index contributed by atoms with van der Waals surface area (Å²) < 4.78 is 1.60. The van der Waals surface area contributed by atoms with Crippen molar-refractivity contribution >= 4 is 35.2 Å². The van der Waals surface area contributed by atoms with E-state index in [-0.39, 0.29) is 33.6 Å². The molecular weight excluding hydrogens is 480 g/mol. The number of anilines is 2. The summed E-state index contributed by atoms with van der Waals surface area (Å²) in [5.74, 6) is -0.684. The van der Waals surface area contributed by atoms with E-state index in [0.29, 0.717) is 28.2 Å². The number of aryl methyl sites for hydroxylation is 1. The number of carbonyl (C=O) groups excluding carboxylic acids is 1. The van der Waals surface area contributed by atoms with Gasteiger partial charge in [0.25, 0.3) is 5.91 Å². The quantitative estimate of drug-likeness (QED) is 0.229. The van der Waals surface area contributed by atoms with E-state index in [1.807, 2.05) is 6.07 Å². The zero-order chi connectivity index (χ0) is 26.0. The number of nitrogens with one attached hydrogen (secondary N) is 2. The van der Waals surface area contributed by atoms with Gasteiger partial charge in [0.1, 0.15) is 23.2 Å². The summed E-state index contributed by atoms with van der Waals surface area (Å²) in [6.45, 7) is 1.73. The van der Waals surface area contributed by atoms with Gasteiger partial charge < -0.3 is 22.2 Å². The van der Waals surface area contributed by atoms with Gasteiger partial charge in [0.05, 0.1) is 28.1 Å². The van der Waals surface area contributed by atoms with E-state index in [0.717, 1.165) is 6.21 Å². The highest BCUT2D eigenvalue weighted by atomic mass is 35.5. The lowest BCUT2D eigenvalue weighted by atomic mass is 10.0. The number of nitrogens with two attached hydrogens (primary N) is 2. The summed E-state index contributed by atoms with van der Waals surface area (Å²) in [4.78, 5) is 26.4. The minimum atomic E-state index is -0.584. The lowest BCUT2D eigenvalue weighted by Gasteiger charge is -2.16. The maximum absolute atomic E-state index is 13.2. The number of nitrogens with zero attached hydrogens (tertiary/aromatic N) is 6. The van der Waals surface area contributed by atoms with Gasteiger partial charge in [-0.2, -0.15) is 10.4 Å². The third-order valence-electron chi connectivity index (χ3n) is 5.36. The minimum Gasteiger partial charge on any atom is -0.397 e. The highest BCUT2D eigenvalue weighted by Crippen LogP contribution is 2.34. The van der Waals surface area contributed by atoms with E-state index in [1.54, 1.807) is 61.2 Å². The summed E-state index contributed by atoms with van der Waals surface area (Å²) in [5, 5.41) is 24.2. The third-order valence-corrected chi connectivity index (χ3v) is 5.67. The van der Waals surface area contributed by atoms with Gasteiger partial charge in [-0.25, -0.2) is 15.0 Å². The summed E-state index contributed by atoms with van der Waals surface area (Å²) in [6.07, 6.45) is 2.81. The van der Waals surface area contributed by atoms with Gasteiger partial charge in [-0.15, -0.1) is 0 Å². The molecule has 180 valence electrons. The van der Waals surface area contributed by atoms with E-state index in [1.165, 1.54) is 0 Å². The molecule has 6 N–H and O–H groups in total. The monoisotopic (exact) mass is 500 g/mol. The Labute approximate surface area is 211 Å². The van der Waals surface area contributed by atoms with Crippen molar-refractivity contribution in [2.24, 2.45) is 7.05 Å². The smallest absolute Gasteiger partial charge is 0.274 e. The van der Waals surface area contributed by atoms with Gasteiger partial charge in [0, 0.05) is 30.6 Å². The molecule has 0 radical (unpaired) electrons. The van der Waals surface area contributed by atoms with Gasteiger partial charge in [0.2, 0.25) is 0 Å². The summed E-state index contributed by atoms with van der Waals surface area (Å²) in [5.41, 5.74) is 15.0. The van der Waals surface area contributed by atoms with Gasteiger partial charge in [-0.3, -0.25) is 9.48 Å². The molecule has 4 aromatic rings. The first-order valence-corrected chi connectivity index (χ1v) is 11.0. The topological polar surface area (TPSA) is 185 Å². The van der Waals surface area contributed by atoms with Crippen molar-refractivity contribution < 1.29 is 4.79 Å². The van der Waals surface area contributed by atoms with Crippen molar-refractivity contribution in [3.63, 3.8) is 0 Å². The lowest BCUT2D eigenvalue weighted by molar-refractivity contribution is 0.0935. The molecule has 12 heteroatoms. The van der Waals surface area contributed by atoms with Gasteiger partial charge in [0.15, 0.2) is 11.5 Å². The Morgan fingerprint density at radius 1 is 1.22 bits per heavy atom. The van der Waals surface area contributed by atoms with Crippen molar-refractivity contribution in [2.45, 2.75) is 13.0 Å². The van der Waals surface area contributed by atoms with Crippen LogP contribution in [-0.4, -0.2) is 36.9 Å². The molecule has 0 unspecified atom stereocenters. The van der Waals surface area contributed by atoms with Crippen LogP contribution in [0.15, 0.2) is 42.6 Å². The maximum atomic E-state index is 13.2. The fourth-order valence-electron chi connectivity index (χ4n) is 3.53. The molecule has 1 aromatic carbocycles. The average Bonchev–Trinajstić information content (AvgIpc) is 3.31. The number of nitriles is 1. The highest BCUT2D eigenvalue weighted by Gasteiger charge is 2.23. The molecule has 0 saturated heterocycles. The van der Waals surface area contributed by atoms with Crippen molar-refractivity contribution in [1.82, 2.24) is 30.0 Å². The number of carbonyl (C=O) groups is 1. The fourth-order valence-corrected chi connectivity index (χ4v) is 3.75. The second-order valence-electron chi connectivity index (χ2n) is 7.89. The Kier molecular flexibility index (Phi) is 6.62. The Bertz CT molecular complexity index is 1540. The molecule has 4 rings (SSSR count). The Hall–Kier alpha value is -4.82. The summed E-state index contributed by atoms with van der Waals surface area (Å²) in [7, 11) is 1.76. The molecule has 11 nitrogen and oxygen atoms in total. The fraction of sp³-hybridized carbons (Fsp3) is 0.125. The Morgan fingerprint density at radius 3 is 2.67 bits per heavy atom. The molecule has 0 saturated carbocycles. The number of hydrogen-bond donors (Lipinski definition) is 4. The molecule has 0 fully saturated rings. The normalized spacial score (nSPS) is 11.5. The second-order valence-corrected chi connectivity index (χ2v) is 8.30. The summed E-state index contributed by atoms with van der Waals surface area (Å²) in [6, 6.07) is 11.3. The van der Waals surface area contributed by atoms with Crippen LogP contribution < -0.4 is 16.8 Å². The molecule has 36 heavy (non-hydrogen) atoms. The number of aromatic nitrogens is 5. The minimum absolute atomic E-state index is 0.100. The molecule has 0 aliphatic heterocycles. The zero-order valence-electron chi connectivity index (χ0n) is 19.3. The van der Waals surface area contributed by atoms with Gasteiger partial charge >= 0.3 is 0 Å². The van der Waals surface area contributed by atoms with Crippen LogP contribution in [0, 0.1) is 16.7 Å². The van der Waals surface area contributed by atoms with Crippen LogP contribution in [0.5, 0.6) is 0 Å². The number of rotatable bonds is 6. The zero-order valence-corrected chi connectivity index (χ0v) is 20.1. The van der Waals surface area contributed by atoms with Crippen LogP contribution >= 0.6 is 11.6 Å². The van der Waals surface area contributed by atoms with Crippen LogP contribution in [0.2, 0.25) is 5.02 Å². The Morgan fingerprint density at radius 2 is 2.00 bits per heavy atom. The highest BCUT2D eigenvalue weighted by molar-refractivity contribution is 6.34. The largest absolute Gasteiger partial charge is 0.397 e. The van der Waals surface area contributed by atoms with E-state index in [4.69, 9.17) is 33.7 Å². The van der Waals surface area contributed by atoms with Crippen molar-refractivity contribution in [3.05, 3.63) is 70.3 Å². The van der Waals surface area contributed by atoms with Gasteiger partial charge in [-0.1, -0.05) is 17.7 Å². The average molecular weight is 501 g/mol. The number of benzene rings is 1. The lowest BCUT2D eigenvalue weighted by Crippen LogP contribution is -2.29. The van der Waals surface area contributed by atoms with Crippen LogP contribution in [0.3, 0.4) is 0 Å². The van der Waals surface area contributed by atoms with Gasteiger partial charge in [-0.05, 0) is 37.3 Å². The molecule has 0 spiro atoms. The van der Waals surface area contributed by atoms with Crippen molar-refractivity contribution in [2.75, 3.05) is 11.5 Å². The number of nitrogen functional groups attached to an aromatic ring is 2. The van der Waals surface area contributed by atoms with Crippen LogP contribution in [0.25, 0.3) is 22.6 Å². The molecule has 1 atom stereocenters. The van der Waals surface area contributed by atoms with Crippen LogP contribution in [-0.2, 0) is 7.05 Å². The number of amides is 1. The van der Waals surface area contributed by atoms with E-state index in [9.17, 15) is 4.79 Å². The molecule has 0 aliphatic carbocycles.